The summed E-state index contributed by atoms with van der Waals surface area (Å²) >= 11 is 1.08. The fourth-order valence-corrected chi connectivity index (χ4v) is 7.74. The number of hydrogen-bond donors (Lipinski definition) is 3. The van der Waals surface area contributed by atoms with Gasteiger partial charge in [0.1, 0.15) is 4.21 Å². The number of fused-ring (bicyclic) bond motifs is 1. The average Bonchev–Trinajstić information content (AvgIpc) is 3.50. The number of rotatable bonds is 11. The summed E-state index contributed by atoms with van der Waals surface area (Å²) < 4.78 is 27.6. The van der Waals surface area contributed by atoms with Crippen LogP contribution in [-0.2, 0) is 22.9 Å². The molecule has 4 rings (SSSR count). The van der Waals surface area contributed by atoms with E-state index in [1.807, 2.05) is 0 Å². The lowest BCUT2D eigenvalue weighted by molar-refractivity contribution is 0.0697. The lowest BCUT2D eigenvalue weighted by atomic mass is 9.88. The molecule has 9 heteroatoms. The van der Waals surface area contributed by atoms with Crippen LogP contribution in [0.5, 0.6) is 0 Å². The van der Waals surface area contributed by atoms with E-state index in [1.54, 1.807) is 18.2 Å². The first-order valence-corrected chi connectivity index (χ1v) is 14.6. The van der Waals surface area contributed by atoms with Crippen LogP contribution in [0.1, 0.15) is 41.8 Å². The molecule has 3 aromatic rings. The molecule has 0 aliphatic heterocycles. The Balaban J connectivity index is 1.32. The standard InChI is InChI=1S/C28H34N2O5S2/c1-28(2,16-19-13-20-7-4-5-8-21(20)14-19)29-17-24(31)18-30(3)37(34,35)26-12-11-25(36-26)22-9-6-10-23(15-22)27(32)33/h4-12,15,19,24,29,31H,13-14,16-18H2,1-3H3,(H,32,33). The second-order valence-electron chi connectivity index (χ2n) is 10.5. The van der Waals surface area contributed by atoms with Gasteiger partial charge in [-0.15, -0.1) is 11.3 Å². The van der Waals surface area contributed by atoms with Crippen molar-refractivity contribution in [1.82, 2.24) is 9.62 Å². The van der Waals surface area contributed by atoms with Crippen molar-refractivity contribution in [3.05, 3.63) is 77.4 Å². The maximum Gasteiger partial charge on any atom is 0.335 e. The molecule has 7 nitrogen and oxygen atoms in total. The maximum atomic E-state index is 13.1. The van der Waals surface area contributed by atoms with Crippen LogP contribution in [0.4, 0.5) is 0 Å². The molecule has 1 aromatic heterocycles. The van der Waals surface area contributed by atoms with Crippen LogP contribution in [0, 0.1) is 5.92 Å². The minimum atomic E-state index is -3.80. The van der Waals surface area contributed by atoms with E-state index in [-0.39, 0.29) is 28.4 Å². The number of aliphatic hydroxyl groups excluding tert-OH is 1. The van der Waals surface area contributed by atoms with Gasteiger partial charge in [-0.2, -0.15) is 4.31 Å². The molecule has 2 aromatic carbocycles. The van der Waals surface area contributed by atoms with Gasteiger partial charge in [-0.25, -0.2) is 13.2 Å². The van der Waals surface area contributed by atoms with Crippen molar-refractivity contribution in [2.24, 2.45) is 5.92 Å². The van der Waals surface area contributed by atoms with Gasteiger partial charge in [0.2, 0.25) is 0 Å². The molecule has 1 heterocycles. The number of benzene rings is 2. The van der Waals surface area contributed by atoms with Crippen molar-refractivity contribution in [2.75, 3.05) is 20.1 Å². The molecule has 0 saturated carbocycles. The van der Waals surface area contributed by atoms with E-state index >= 15 is 0 Å². The Morgan fingerprint density at radius 2 is 1.78 bits per heavy atom. The van der Waals surface area contributed by atoms with Crippen molar-refractivity contribution in [1.29, 1.82) is 0 Å². The number of carboxylic acid groups (broad SMARTS) is 1. The predicted octanol–water partition coefficient (Wildman–Crippen LogP) is 4.27. The monoisotopic (exact) mass is 542 g/mol. The maximum absolute atomic E-state index is 13.1. The summed E-state index contributed by atoms with van der Waals surface area (Å²) in [5, 5.41) is 23.3. The molecule has 37 heavy (non-hydrogen) atoms. The lowest BCUT2D eigenvalue weighted by Crippen LogP contribution is -2.47. The minimum Gasteiger partial charge on any atom is -0.478 e. The van der Waals surface area contributed by atoms with E-state index in [0.29, 0.717) is 16.4 Å². The quantitative estimate of drug-likeness (QED) is 0.334. The van der Waals surface area contributed by atoms with Crippen LogP contribution in [0.2, 0.25) is 0 Å². The Bertz CT molecular complexity index is 1340. The number of aromatic carboxylic acids is 1. The smallest absolute Gasteiger partial charge is 0.335 e. The number of β-amino-alcohol motifs (C(OH)–C–C–N with tert-alkyl or cyclic N) is 1. The van der Waals surface area contributed by atoms with Gasteiger partial charge in [0.15, 0.2) is 0 Å². The zero-order valence-corrected chi connectivity index (χ0v) is 23.0. The third-order valence-corrected chi connectivity index (χ3v) is 10.3. The summed E-state index contributed by atoms with van der Waals surface area (Å²) in [6.45, 7) is 4.48. The topological polar surface area (TPSA) is 107 Å². The molecule has 0 fully saturated rings. The Hall–Kier alpha value is -2.56. The molecule has 0 spiro atoms. The first-order chi connectivity index (χ1) is 17.4. The van der Waals surface area contributed by atoms with Gasteiger partial charge in [-0.1, -0.05) is 36.4 Å². The van der Waals surface area contributed by atoms with E-state index < -0.39 is 22.1 Å². The summed E-state index contributed by atoms with van der Waals surface area (Å²) in [4.78, 5) is 11.9. The van der Waals surface area contributed by atoms with E-state index in [0.717, 1.165) is 30.6 Å². The zero-order chi connectivity index (χ0) is 26.8. The zero-order valence-electron chi connectivity index (χ0n) is 21.3. The van der Waals surface area contributed by atoms with Crippen LogP contribution < -0.4 is 5.32 Å². The largest absolute Gasteiger partial charge is 0.478 e. The minimum absolute atomic E-state index is 0.0397. The summed E-state index contributed by atoms with van der Waals surface area (Å²) in [6, 6.07) is 18.2. The normalized spacial score (nSPS) is 15.2. The number of aliphatic hydroxyl groups is 1. The lowest BCUT2D eigenvalue weighted by Gasteiger charge is -2.31. The first kappa shape index (κ1) is 27.5. The van der Waals surface area contributed by atoms with Gasteiger partial charge >= 0.3 is 5.97 Å². The van der Waals surface area contributed by atoms with Crippen molar-refractivity contribution < 1.29 is 23.4 Å². The second kappa shape index (κ2) is 11.0. The number of nitrogens with zero attached hydrogens (tertiary/aromatic N) is 1. The highest BCUT2D eigenvalue weighted by molar-refractivity contribution is 7.91. The number of carbonyl (C=O) groups is 1. The first-order valence-electron chi connectivity index (χ1n) is 12.3. The highest BCUT2D eigenvalue weighted by atomic mass is 32.2. The number of hydrogen-bond acceptors (Lipinski definition) is 6. The number of nitrogens with one attached hydrogen (secondary N) is 1. The fraction of sp³-hybridized carbons (Fsp3) is 0.393. The highest BCUT2D eigenvalue weighted by Crippen LogP contribution is 2.33. The van der Waals surface area contributed by atoms with Crippen molar-refractivity contribution in [3.8, 4) is 10.4 Å². The number of carboxylic acids is 1. The van der Waals surface area contributed by atoms with Gasteiger partial charge in [-0.3, -0.25) is 0 Å². The Labute approximate surface area is 222 Å². The molecule has 0 amide bonds. The van der Waals surface area contributed by atoms with Gasteiger partial charge in [-0.05, 0) is 80.0 Å². The van der Waals surface area contributed by atoms with Crippen LogP contribution in [-0.4, -0.2) is 60.7 Å². The van der Waals surface area contributed by atoms with E-state index in [9.17, 15) is 23.4 Å². The summed E-state index contributed by atoms with van der Waals surface area (Å²) in [5.74, 6) is -0.491. The van der Waals surface area contributed by atoms with Crippen molar-refractivity contribution in [2.45, 2.75) is 49.0 Å². The summed E-state index contributed by atoms with van der Waals surface area (Å²) in [5.41, 5.74) is 3.43. The van der Waals surface area contributed by atoms with Gasteiger partial charge in [0, 0.05) is 30.6 Å². The van der Waals surface area contributed by atoms with Gasteiger partial charge < -0.3 is 15.5 Å². The van der Waals surface area contributed by atoms with Crippen LogP contribution in [0.15, 0.2) is 64.9 Å². The molecule has 1 atom stereocenters. The molecule has 3 N–H and O–H groups in total. The van der Waals surface area contributed by atoms with E-state index in [2.05, 4.69) is 43.4 Å². The van der Waals surface area contributed by atoms with Crippen LogP contribution in [0.3, 0.4) is 0 Å². The SMILES string of the molecule is CN(CC(O)CNC(C)(C)CC1Cc2ccccc2C1)S(=O)(=O)c1ccc(-c2cccc(C(=O)O)c2)s1. The third kappa shape index (κ3) is 6.66. The Morgan fingerprint density at radius 3 is 2.43 bits per heavy atom. The Morgan fingerprint density at radius 1 is 1.11 bits per heavy atom. The molecule has 0 saturated heterocycles. The number of likely N-dealkylation sites (N-methyl/N-ethyl adjacent to an activating group) is 1. The van der Waals surface area contributed by atoms with Crippen molar-refractivity contribution in [3.63, 3.8) is 0 Å². The Kier molecular flexibility index (Phi) is 8.20. The summed E-state index contributed by atoms with van der Waals surface area (Å²) in [6.07, 6.45) is 2.22. The molecule has 1 aliphatic carbocycles. The van der Waals surface area contributed by atoms with E-state index in [4.69, 9.17) is 0 Å². The molecule has 1 aliphatic rings. The molecule has 1 unspecified atom stereocenters. The number of sulfonamides is 1. The molecule has 0 radical (unpaired) electrons. The highest BCUT2D eigenvalue weighted by Gasteiger charge is 2.30. The fourth-order valence-electron chi connectivity index (χ4n) is 5.01. The number of thiophene rings is 1. The van der Waals surface area contributed by atoms with E-state index in [1.165, 1.54) is 40.7 Å². The van der Waals surface area contributed by atoms with Crippen LogP contribution in [0.25, 0.3) is 10.4 Å². The molecule has 0 bridgehead atoms. The van der Waals surface area contributed by atoms with Crippen LogP contribution >= 0.6 is 11.3 Å². The molecular weight excluding hydrogens is 508 g/mol. The van der Waals surface area contributed by atoms with Gasteiger partial charge in [0.05, 0.1) is 11.7 Å². The van der Waals surface area contributed by atoms with Crippen molar-refractivity contribution >= 4 is 27.3 Å². The second-order valence-corrected chi connectivity index (χ2v) is 13.8. The van der Waals surface area contributed by atoms with Gasteiger partial charge in [0.25, 0.3) is 10.0 Å². The molecule has 198 valence electrons. The third-order valence-electron chi connectivity index (χ3n) is 6.86. The predicted molar refractivity (Wildman–Crippen MR) is 147 cm³/mol. The molecular formula is C28H34N2O5S2. The average molecular weight is 543 g/mol. The summed E-state index contributed by atoms with van der Waals surface area (Å²) in [7, 11) is -2.34.